The van der Waals surface area contributed by atoms with Gasteiger partial charge in [-0.05, 0) is 13.0 Å². The Morgan fingerprint density at radius 1 is 0.950 bits per heavy atom. The average molecular weight is 284 g/mol. The number of methoxy groups -OCH3 is 1. The third-order valence-electron chi connectivity index (χ3n) is 2.68. The van der Waals surface area contributed by atoms with Gasteiger partial charge in [0.15, 0.2) is 0 Å². The van der Waals surface area contributed by atoms with Crippen LogP contribution in [-0.2, 0) is 20.8 Å². The minimum absolute atomic E-state index is 0.0226. The van der Waals surface area contributed by atoms with Gasteiger partial charge < -0.3 is 24.1 Å². The van der Waals surface area contributed by atoms with Gasteiger partial charge in [-0.2, -0.15) is 0 Å². The van der Waals surface area contributed by atoms with Crippen molar-refractivity contribution in [3.8, 4) is 5.75 Å². The monoisotopic (exact) mass is 284 g/mol. The van der Waals surface area contributed by atoms with E-state index < -0.39 is 0 Å². The van der Waals surface area contributed by atoms with Gasteiger partial charge in [-0.25, -0.2) is 0 Å². The summed E-state index contributed by atoms with van der Waals surface area (Å²) in [6, 6.07) is 5.74. The van der Waals surface area contributed by atoms with Gasteiger partial charge in [0.1, 0.15) is 12.4 Å². The Hall–Kier alpha value is -1.14. The van der Waals surface area contributed by atoms with Crippen LogP contribution in [0.1, 0.15) is 11.1 Å². The normalized spacial score (nSPS) is 10.8. The fraction of sp³-hybridized carbons (Fsp3) is 0.600. The third-order valence-corrected chi connectivity index (χ3v) is 2.68. The highest BCUT2D eigenvalue weighted by molar-refractivity contribution is 5.36. The molecule has 1 rings (SSSR count). The topological polar surface area (TPSA) is 57.2 Å². The first-order chi connectivity index (χ1) is 9.77. The minimum Gasteiger partial charge on any atom is -0.491 e. The Balaban J connectivity index is 2.09. The lowest BCUT2D eigenvalue weighted by Crippen LogP contribution is -2.12. The van der Waals surface area contributed by atoms with Crippen LogP contribution in [0, 0.1) is 6.92 Å². The molecule has 1 N–H and O–H groups in total. The lowest BCUT2D eigenvalue weighted by atomic mass is 10.1. The van der Waals surface area contributed by atoms with E-state index in [0.717, 1.165) is 11.1 Å². The molecule has 0 aliphatic rings. The molecular weight excluding hydrogens is 260 g/mol. The van der Waals surface area contributed by atoms with E-state index in [1.807, 2.05) is 25.1 Å². The molecule has 1 aromatic carbocycles. The van der Waals surface area contributed by atoms with Gasteiger partial charge in [0.25, 0.3) is 0 Å². The second-order valence-corrected chi connectivity index (χ2v) is 4.34. The minimum atomic E-state index is -0.0226. The van der Waals surface area contributed by atoms with Crippen molar-refractivity contribution < 1.29 is 24.1 Å². The molecule has 5 heteroatoms. The van der Waals surface area contributed by atoms with Gasteiger partial charge in [0.05, 0.1) is 39.6 Å². The third kappa shape index (κ3) is 6.86. The second-order valence-electron chi connectivity index (χ2n) is 4.34. The number of ether oxygens (including phenoxy) is 4. The number of aliphatic hydroxyl groups is 1. The molecule has 0 unspecified atom stereocenters. The molecule has 114 valence electrons. The maximum absolute atomic E-state index is 9.25. The van der Waals surface area contributed by atoms with Crippen LogP contribution in [-0.4, -0.2) is 51.9 Å². The summed E-state index contributed by atoms with van der Waals surface area (Å²) in [6.45, 7) is 5.17. The maximum Gasteiger partial charge on any atom is 0.124 e. The summed E-state index contributed by atoms with van der Waals surface area (Å²) in [6.07, 6.45) is 0. The van der Waals surface area contributed by atoms with Crippen LogP contribution in [0.5, 0.6) is 5.75 Å². The zero-order valence-corrected chi connectivity index (χ0v) is 12.3. The fourth-order valence-electron chi connectivity index (χ4n) is 1.65. The molecule has 0 saturated carbocycles. The Kier molecular flexibility index (Phi) is 8.98. The number of hydrogen-bond acceptors (Lipinski definition) is 5. The van der Waals surface area contributed by atoms with Crippen LogP contribution in [0.2, 0.25) is 0 Å². The summed E-state index contributed by atoms with van der Waals surface area (Å²) in [5.41, 5.74) is 1.90. The van der Waals surface area contributed by atoms with Gasteiger partial charge in [-0.3, -0.25) is 0 Å². The summed E-state index contributed by atoms with van der Waals surface area (Å²) in [5.74, 6) is 0.707. The van der Waals surface area contributed by atoms with Crippen molar-refractivity contribution in [1.29, 1.82) is 0 Å². The molecule has 1 aromatic rings. The highest BCUT2D eigenvalue weighted by atomic mass is 16.6. The Labute approximate surface area is 120 Å². The summed E-state index contributed by atoms with van der Waals surface area (Å²) in [5, 5.41) is 9.25. The molecular formula is C15H24O5. The SMILES string of the molecule is COCCOCCOCCOc1ccc(C)cc1CO. The first-order valence-electron chi connectivity index (χ1n) is 6.75. The Bertz CT molecular complexity index is 367. The molecule has 0 atom stereocenters. The van der Waals surface area contributed by atoms with Gasteiger partial charge in [0, 0.05) is 12.7 Å². The van der Waals surface area contributed by atoms with Gasteiger partial charge in [-0.1, -0.05) is 17.7 Å². The molecule has 0 spiro atoms. The van der Waals surface area contributed by atoms with E-state index in [1.54, 1.807) is 7.11 Å². The number of hydrogen-bond donors (Lipinski definition) is 1. The molecule has 0 bridgehead atoms. The highest BCUT2D eigenvalue weighted by Crippen LogP contribution is 2.19. The molecule has 5 nitrogen and oxygen atoms in total. The van der Waals surface area contributed by atoms with Crippen LogP contribution >= 0.6 is 0 Å². The van der Waals surface area contributed by atoms with Crippen molar-refractivity contribution in [2.24, 2.45) is 0 Å². The summed E-state index contributed by atoms with van der Waals surface area (Å²) >= 11 is 0. The lowest BCUT2D eigenvalue weighted by molar-refractivity contribution is 0.0178. The van der Waals surface area contributed by atoms with E-state index in [1.165, 1.54) is 0 Å². The van der Waals surface area contributed by atoms with Crippen molar-refractivity contribution >= 4 is 0 Å². The van der Waals surface area contributed by atoms with E-state index in [2.05, 4.69) is 0 Å². The molecule has 0 radical (unpaired) electrons. The summed E-state index contributed by atoms with van der Waals surface area (Å²) in [7, 11) is 1.64. The quantitative estimate of drug-likeness (QED) is 0.625. The summed E-state index contributed by atoms with van der Waals surface area (Å²) < 4.78 is 21.1. The number of benzene rings is 1. The molecule has 20 heavy (non-hydrogen) atoms. The van der Waals surface area contributed by atoms with Gasteiger partial charge in [0.2, 0.25) is 0 Å². The van der Waals surface area contributed by atoms with Crippen LogP contribution in [0.3, 0.4) is 0 Å². The van der Waals surface area contributed by atoms with Gasteiger partial charge >= 0.3 is 0 Å². The van der Waals surface area contributed by atoms with Crippen molar-refractivity contribution in [2.75, 3.05) is 46.8 Å². The van der Waals surface area contributed by atoms with Crippen molar-refractivity contribution in [3.05, 3.63) is 29.3 Å². The van der Waals surface area contributed by atoms with Gasteiger partial charge in [-0.15, -0.1) is 0 Å². The number of rotatable bonds is 11. The van der Waals surface area contributed by atoms with Crippen molar-refractivity contribution in [3.63, 3.8) is 0 Å². The second kappa shape index (κ2) is 10.6. The van der Waals surface area contributed by atoms with Crippen LogP contribution in [0.4, 0.5) is 0 Å². The predicted molar refractivity (Wildman–Crippen MR) is 76.1 cm³/mol. The predicted octanol–water partition coefficient (Wildman–Crippen LogP) is 1.55. The Morgan fingerprint density at radius 3 is 2.25 bits per heavy atom. The number of aliphatic hydroxyl groups excluding tert-OH is 1. The zero-order chi connectivity index (χ0) is 14.6. The first-order valence-corrected chi connectivity index (χ1v) is 6.75. The average Bonchev–Trinajstić information content (AvgIpc) is 2.46. The molecule has 0 saturated heterocycles. The molecule has 0 fully saturated rings. The van der Waals surface area contributed by atoms with E-state index >= 15 is 0 Å². The number of aryl methyl sites for hydroxylation is 1. The standard InChI is InChI=1S/C15H24O5/c1-13-3-4-15(14(11-13)12-16)20-10-9-19-8-7-18-6-5-17-2/h3-4,11,16H,5-10,12H2,1-2H3. The van der Waals surface area contributed by atoms with E-state index in [4.69, 9.17) is 18.9 Å². The van der Waals surface area contributed by atoms with Crippen LogP contribution in [0.15, 0.2) is 18.2 Å². The van der Waals surface area contributed by atoms with Crippen molar-refractivity contribution in [2.45, 2.75) is 13.5 Å². The van der Waals surface area contributed by atoms with E-state index in [0.29, 0.717) is 45.4 Å². The summed E-state index contributed by atoms with van der Waals surface area (Å²) in [4.78, 5) is 0. The first kappa shape index (κ1) is 16.9. The smallest absolute Gasteiger partial charge is 0.124 e. The van der Waals surface area contributed by atoms with Crippen LogP contribution in [0.25, 0.3) is 0 Å². The maximum atomic E-state index is 9.25. The zero-order valence-electron chi connectivity index (χ0n) is 12.3. The molecule has 0 aromatic heterocycles. The highest BCUT2D eigenvalue weighted by Gasteiger charge is 2.02. The largest absolute Gasteiger partial charge is 0.491 e. The Morgan fingerprint density at radius 2 is 1.60 bits per heavy atom. The van der Waals surface area contributed by atoms with E-state index in [-0.39, 0.29) is 6.61 Å². The molecule has 0 amide bonds. The fourth-order valence-corrected chi connectivity index (χ4v) is 1.65. The van der Waals surface area contributed by atoms with Crippen molar-refractivity contribution in [1.82, 2.24) is 0 Å². The van der Waals surface area contributed by atoms with Crippen LogP contribution < -0.4 is 4.74 Å². The molecule has 0 heterocycles. The molecule has 0 aliphatic carbocycles. The molecule has 0 aliphatic heterocycles. The lowest BCUT2D eigenvalue weighted by Gasteiger charge is -2.11. The van der Waals surface area contributed by atoms with E-state index in [9.17, 15) is 5.11 Å².